The molecule has 0 bridgehead atoms. The number of nitrogens with one attached hydrogen (secondary N) is 2. The molecule has 1 aliphatic rings. The van der Waals surface area contributed by atoms with Gasteiger partial charge in [0.05, 0.1) is 34.2 Å². The third-order valence-electron chi connectivity index (χ3n) is 6.65. The average Bonchev–Trinajstić information content (AvgIpc) is 3.49. The van der Waals surface area contributed by atoms with E-state index in [2.05, 4.69) is 25.1 Å². The van der Waals surface area contributed by atoms with Gasteiger partial charge in [-0.3, -0.25) is 9.89 Å². The molecule has 9 heteroatoms. The molecule has 1 aliphatic carbocycles. The van der Waals surface area contributed by atoms with E-state index in [1.807, 2.05) is 24.3 Å². The molecule has 3 aromatic heterocycles. The quantitative estimate of drug-likeness (QED) is 0.319. The van der Waals surface area contributed by atoms with Gasteiger partial charge < -0.3 is 14.8 Å². The molecule has 0 spiro atoms. The van der Waals surface area contributed by atoms with Crippen LogP contribution in [0.4, 0.5) is 4.39 Å². The normalized spacial score (nSPS) is 18.2. The molecule has 1 saturated carbocycles. The van der Waals surface area contributed by atoms with Gasteiger partial charge in [0, 0.05) is 23.2 Å². The van der Waals surface area contributed by atoms with Crippen LogP contribution in [0.5, 0.6) is 5.88 Å². The van der Waals surface area contributed by atoms with E-state index in [1.54, 1.807) is 24.5 Å². The second-order valence-corrected chi connectivity index (χ2v) is 8.92. The van der Waals surface area contributed by atoms with Gasteiger partial charge >= 0.3 is 5.97 Å². The number of halogens is 1. The van der Waals surface area contributed by atoms with Crippen LogP contribution in [-0.4, -0.2) is 42.3 Å². The van der Waals surface area contributed by atoms with Crippen LogP contribution in [0.3, 0.4) is 0 Å². The molecule has 35 heavy (non-hydrogen) atoms. The van der Waals surface area contributed by atoms with Gasteiger partial charge in [-0.1, -0.05) is 6.07 Å². The van der Waals surface area contributed by atoms with Crippen molar-refractivity contribution >= 4 is 27.9 Å². The number of carboxylic acids is 1. The SMILES string of the molecule is O=C(O)C1CCC(Oc2ccc(-c3ccc(-c4nc5cc6cn[nH]c6cc5[nH]4)c(F)c3)cn2)CC1. The van der Waals surface area contributed by atoms with Crippen molar-refractivity contribution in [2.24, 2.45) is 5.92 Å². The summed E-state index contributed by atoms with van der Waals surface area (Å²) < 4.78 is 21.0. The molecule has 3 heterocycles. The minimum atomic E-state index is -0.736. The number of benzene rings is 2. The van der Waals surface area contributed by atoms with Crippen molar-refractivity contribution in [2.45, 2.75) is 31.8 Å². The monoisotopic (exact) mass is 471 g/mol. The Kier molecular flexibility index (Phi) is 5.17. The maximum atomic E-state index is 15.1. The van der Waals surface area contributed by atoms with Crippen molar-refractivity contribution in [3.05, 3.63) is 60.7 Å². The fourth-order valence-electron chi connectivity index (χ4n) is 4.68. The Morgan fingerprint density at radius 1 is 1.00 bits per heavy atom. The Morgan fingerprint density at radius 3 is 2.57 bits per heavy atom. The highest BCUT2D eigenvalue weighted by Crippen LogP contribution is 2.31. The van der Waals surface area contributed by atoms with Crippen LogP contribution in [0.15, 0.2) is 54.9 Å². The number of carboxylic acid groups (broad SMARTS) is 1. The number of ether oxygens (including phenoxy) is 1. The van der Waals surface area contributed by atoms with E-state index in [1.165, 1.54) is 6.07 Å². The Hall–Kier alpha value is -4.27. The van der Waals surface area contributed by atoms with Gasteiger partial charge in [-0.25, -0.2) is 14.4 Å². The maximum Gasteiger partial charge on any atom is 0.306 e. The van der Waals surface area contributed by atoms with Crippen molar-refractivity contribution in [3.8, 4) is 28.4 Å². The lowest BCUT2D eigenvalue weighted by Gasteiger charge is -2.26. The molecule has 0 amide bonds. The molecule has 1 fully saturated rings. The van der Waals surface area contributed by atoms with Crippen LogP contribution in [0.1, 0.15) is 25.7 Å². The molecule has 8 nitrogen and oxygen atoms in total. The third-order valence-corrected chi connectivity index (χ3v) is 6.65. The molecule has 176 valence electrons. The third kappa shape index (κ3) is 4.09. The molecule has 0 unspecified atom stereocenters. The average molecular weight is 471 g/mol. The van der Waals surface area contributed by atoms with Gasteiger partial charge in [-0.2, -0.15) is 5.10 Å². The summed E-state index contributed by atoms with van der Waals surface area (Å²) in [4.78, 5) is 23.2. The van der Waals surface area contributed by atoms with Crippen molar-refractivity contribution in [3.63, 3.8) is 0 Å². The zero-order valence-electron chi connectivity index (χ0n) is 18.7. The summed E-state index contributed by atoms with van der Waals surface area (Å²) >= 11 is 0. The second-order valence-electron chi connectivity index (χ2n) is 8.92. The number of rotatable bonds is 5. The summed E-state index contributed by atoms with van der Waals surface area (Å²) in [6.45, 7) is 0. The van der Waals surface area contributed by atoms with Crippen molar-refractivity contribution in [1.29, 1.82) is 0 Å². The van der Waals surface area contributed by atoms with Crippen LogP contribution < -0.4 is 4.74 Å². The fraction of sp³-hybridized carbons (Fsp3) is 0.231. The summed E-state index contributed by atoms with van der Waals surface area (Å²) in [5.74, 6) is -0.457. The molecule has 0 aliphatic heterocycles. The summed E-state index contributed by atoms with van der Waals surface area (Å²) in [7, 11) is 0. The minimum absolute atomic E-state index is 0.0336. The smallest absolute Gasteiger partial charge is 0.306 e. The number of imidazole rings is 1. The lowest BCUT2D eigenvalue weighted by atomic mass is 9.87. The van der Waals surface area contributed by atoms with Crippen LogP contribution in [0, 0.1) is 11.7 Å². The van der Waals surface area contributed by atoms with E-state index in [0.29, 0.717) is 48.5 Å². The number of aromatic amines is 2. The Morgan fingerprint density at radius 2 is 1.83 bits per heavy atom. The Balaban J connectivity index is 1.18. The summed E-state index contributed by atoms with van der Waals surface area (Å²) in [6, 6.07) is 12.4. The fourth-order valence-corrected chi connectivity index (χ4v) is 4.68. The minimum Gasteiger partial charge on any atom is -0.481 e. The largest absolute Gasteiger partial charge is 0.481 e. The first-order valence-electron chi connectivity index (χ1n) is 11.5. The second kappa shape index (κ2) is 8.50. The van der Waals surface area contributed by atoms with E-state index < -0.39 is 5.97 Å². The van der Waals surface area contributed by atoms with Crippen LogP contribution >= 0.6 is 0 Å². The Bertz CT molecular complexity index is 1490. The molecule has 0 saturated heterocycles. The van der Waals surface area contributed by atoms with Gasteiger partial charge in [0.25, 0.3) is 0 Å². The molecular weight excluding hydrogens is 449 g/mol. The van der Waals surface area contributed by atoms with Crippen molar-refractivity contribution in [1.82, 2.24) is 25.1 Å². The zero-order chi connectivity index (χ0) is 23.9. The number of fused-ring (bicyclic) bond motifs is 2. The first-order chi connectivity index (χ1) is 17.0. The summed E-state index contributed by atoms with van der Waals surface area (Å²) in [5, 5.41) is 17.0. The highest BCUT2D eigenvalue weighted by Gasteiger charge is 2.27. The predicted octanol–water partition coefficient (Wildman–Crippen LogP) is 5.33. The highest BCUT2D eigenvalue weighted by atomic mass is 19.1. The van der Waals surface area contributed by atoms with Gasteiger partial charge in [0.2, 0.25) is 5.88 Å². The lowest BCUT2D eigenvalue weighted by Crippen LogP contribution is -2.28. The molecule has 2 aromatic carbocycles. The topological polar surface area (TPSA) is 117 Å². The van der Waals surface area contributed by atoms with E-state index in [9.17, 15) is 4.79 Å². The van der Waals surface area contributed by atoms with Gasteiger partial charge in [-0.15, -0.1) is 0 Å². The molecular formula is C26H22FN5O3. The highest BCUT2D eigenvalue weighted by molar-refractivity contribution is 5.94. The van der Waals surface area contributed by atoms with Crippen molar-refractivity contribution < 1.29 is 19.0 Å². The van der Waals surface area contributed by atoms with Gasteiger partial charge in [-0.05, 0) is 61.6 Å². The molecule has 0 atom stereocenters. The zero-order valence-corrected chi connectivity index (χ0v) is 18.7. The number of hydrogen-bond donors (Lipinski definition) is 3. The number of H-pyrrole nitrogens is 2. The van der Waals surface area contributed by atoms with E-state index in [0.717, 1.165) is 27.5 Å². The maximum absolute atomic E-state index is 15.1. The van der Waals surface area contributed by atoms with E-state index >= 15 is 4.39 Å². The standard InChI is InChI=1S/C26H22FN5O3/c27-20-9-15(16-4-8-24(28-12-16)35-18-5-1-14(2-6-18)26(33)34)3-7-19(20)25-30-22-10-17-13-29-32-21(17)11-23(22)31-25/h3-4,7-14,18H,1-2,5-6H2,(H,29,32)(H,30,31)(H,33,34). The number of nitrogens with zero attached hydrogens (tertiary/aromatic N) is 3. The number of carbonyl (C=O) groups is 1. The molecule has 3 N–H and O–H groups in total. The van der Waals surface area contributed by atoms with E-state index in [-0.39, 0.29) is 17.8 Å². The van der Waals surface area contributed by atoms with Crippen molar-refractivity contribution in [2.75, 3.05) is 0 Å². The summed E-state index contributed by atoms with van der Waals surface area (Å²) in [6.07, 6.45) is 5.97. The number of aliphatic carboxylic acids is 1. The lowest BCUT2D eigenvalue weighted by molar-refractivity contribution is -0.143. The number of aromatic nitrogens is 5. The predicted molar refractivity (Wildman–Crippen MR) is 128 cm³/mol. The van der Waals surface area contributed by atoms with Crippen LogP contribution in [0.2, 0.25) is 0 Å². The number of pyridine rings is 1. The molecule has 5 aromatic rings. The van der Waals surface area contributed by atoms with E-state index in [4.69, 9.17) is 9.84 Å². The number of hydrogen-bond acceptors (Lipinski definition) is 5. The molecule has 0 radical (unpaired) electrons. The van der Waals surface area contributed by atoms with Crippen LogP contribution in [-0.2, 0) is 4.79 Å². The molecule has 6 rings (SSSR count). The summed E-state index contributed by atoms with van der Waals surface area (Å²) in [5.41, 5.74) is 4.28. The van der Waals surface area contributed by atoms with Crippen LogP contribution in [0.25, 0.3) is 44.5 Å². The Labute approximate surface area is 199 Å². The first-order valence-corrected chi connectivity index (χ1v) is 11.5. The van der Waals surface area contributed by atoms with Gasteiger partial charge in [0.1, 0.15) is 17.7 Å². The first kappa shape index (κ1) is 21.3. The van der Waals surface area contributed by atoms with Gasteiger partial charge in [0.15, 0.2) is 0 Å².